The molecule has 10 heteroatoms. The number of aromatic nitrogens is 2. The SMILES string of the molecule is Cc1n[nH]c(C)c1S(=O)(=O)NCC(=O)NCCN1CCOCC1. The second kappa shape index (κ2) is 7.86. The molecule has 130 valence electrons. The largest absolute Gasteiger partial charge is 0.379 e. The maximum atomic E-state index is 12.2. The van der Waals surface area contributed by atoms with Gasteiger partial charge in [-0.1, -0.05) is 0 Å². The molecule has 9 nitrogen and oxygen atoms in total. The molecule has 1 aromatic heterocycles. The highest BCUT2D eigenvalue weighted by Crippen LogP contribution is 2.15. The number of rotatable bonds is 7. The molecule has 0 saturated carbocycles. The van der Waals surface area contributed by atoms with Crippen LogP contribution >= 0.6 is 0 Å². The lowest BCUT2D eigenvalue weighted by molar-refractivity contribution is -0.120. The molecule has 1 saturated heterocycles. The fraction of sp³-hybridized carbons (Fsp3) is 0.692. The van der Waals surface area contributed by atoms with Crippen LogP contribution in [-0.2, 0) is 19.6 Å². The van der Waals surface area contributed by atoms with Crippen LogP contribution in [0.5, 0.6) is 0 Å². The van der Waals surface area contributed by atoms with E-state index in [0.29, 0.717) is 31.1 Å². The van der Waals surface area contributed by atoms with Crippen LogP contribution in [0.25, 0.3) is 0 Å². The molecule has 0 aromatic carbocycles. The van der Waals surface area contributed by atoms with Crippen molar-refractivity contribution in [3.63, 3.8) is 0 Å². The predicted octanol–water partition coefficient (Wildman–Crippen LogP) is -1.25. The summed E-state index contributed by atoms with van der Waals surface area (Å²) in [6.45, 7) is 7.23. The Labute approximate surface area is 135 Å². The monoisotopic (exact) mass is 345 g/mol. The summed E-state index contributed by atoms with van der Waals surface area (Å²) in [5, 5.41) is 9.17. The van der Waals surface area contributed by atoms with Gasteiger partial charge < -0.3 is 10.1 Å². The molecule has 2 rings (SSSR count). The van der Waals surface area contributed by atoms with E-state index < -0.39 is 10.0 Å². The van der Waals surface area contributed by atoms with E-state index in [0.717, 1.165) is 19.6 Å². The Morgan fingerprint density at radius 2 is 2.04 bits per heavy atom. The minimum Gasteiger partial charge on any atom is -0.379 e. The zero-order chi connectivity index (χ0) is 16.9. The average Bonchev–Trinajstić information content (AvgIpc) is 2.86. The van der Waals surface area contributed by atoms with Crippen LogP contribution in [0.3, 0.4) is 0 Å². The number of nitrogens with zero attached hydrogens (tertiary/aromatic N) is 2. The van der Waals surface area contributed by atoms with Gasteiger partial charge in [0.05, 0.1) is 31.1 Å². The fourth-order valence-electron chi connectivity index (χ4n) is 2.41. The number of hydrogen-bond acceptors (Lipinski definition) is 6. The molecule has 1 aliphatic heterocycles. The molecule has 1 fully saturated rings. The van der Waals surface area contributed by atoms with E-state index in [1.807, 2.05) is 0 Å². The maximum absolute atomic E-state index is 12.2. The third kappa shape index (κ3) is 4.99. The lowest BCUT2D eigenvalue weighted by atomic mass is 10.4. The summed E-state index contributed by atoms with van der Waals surface area (Å²) in [5.41, 5.74) is 0.824. The molecule has 0 spiro atoms. The molecule has 0 aliphatic carbocycles. The highest BCUT2D eigenvalue weighted by atomic mass is 32.2. The van der Waals surface area contributed by atoms with Gasteiger partial charge in [0, 0.05) is 26.2 Å². The highest BCUT2D eigenvalue weighted by Gasteiger charge is 2.22. The zero-order valence-corrected chi connectivity index (χ0v) is 14.2. The number of amides is 1. The number of carbonyl (C=O) groups excluding carboxylic acids is 1. The van der Waals surface area contributed by atoms with Crippen molar-refractivity contribution in [2.45, 2.75) is 18.7 Å². The number of H-pyrrole nitrogens is 1. The molecule has 1 aliphatic rings. The standard InChI is InChI=1S/C13H23N5O4S/c1-10-13(11(2)17-16-10)23(20,21)15-9-12(19)14-3-4-18-5-7-22-8-6-18/h15H,3-9H2,1-2H3,(H,14,19)(H,16,17). The zero-order valence-electron chi connectivity index (χ0n) is 13.4. The second-order valence-corrected chi connectivity index (χ2v) is 7.10. The van der Waals surface area contributed by atoms with Gasteiger partial charge in [0.25, 0.3) is 0 Å². The van der Waals surface area contributed by atoms with Gasteiger partial charge in [-0.2, -0.15) is 5.10 Å². The molecule has 0 atom stereocenters. The molecular formula is C13H23N5O4S. The van der Waals surface area contributed by atoms with Crippen molar-refractivity contribution < 1.29 is 17.9 Å². The van der Waals surface area contributed by atoms with Crippen LogP contribution in [0.15, 0.2) is 4.90 Å². The first-order valence-corrected chi connectivity index (χ1v) is 8.96. The normalized spacial score (nSPS) is 16.4. The van der Waals surface area contributed by atoms with E-state index >= 15 is 0 Å². The number of aromatic amines is 1. The number of carbonyl (C=O) groups is 1. The summed E-state index contributed by atoms with van der Waals surface area (Å²) in [7, 11) is -3.75. The van der Waals surface area contributed by atoms with Crippen LogP contribution in [0.1, 0.15) is 11.4 Å². The second-order valence-electron chi connectivity index (χ2n) is 5.39. The lowest BCUT2D eigenvalue weighted by Gasteiger charge is -2.26. The first-order chi connectivity index (χ1) is 10.9. The Morgan fingerprint density at radius 1 is 1.35 bits per heavy atom. The van der Waals surface area contributed by atoms with Crippen LogP contribution in [0.2, 0.25) is 0 Å². The summed E-state index contributed by atoms with van der Waals surface area (Å²) in [5.74, 6) is -0.361. The molecule has 3 N–H and O–H groups in total. The number of aryl methyl sites for hydroxylation is 2. The molecule has 1 aromatic rings. The van der Waals surface area contributed by atoms with Gasteiger partial charge in [-0.3, -0.25) is 14.8 Å². The first kappa shape index (κ1) is 17.9. The van der Waals surface area contributed by atoms with Crippen LogP contribution in [-0.4, -0.2) is 75.4 Å². The molecule has 2 heterocycles. The van der Waals surface area contributed by atoms with E-state index in [1.54, 1.807) is 13.8 Å². The van der Waals surface area contributed by atoms with Crippen molar-refractivity contribution in [2.24, 2.45) is 0 Å². The van der Waals surface area contributed by atoms with Crippen molar-refractivity contribution >= 4 is 15.9 Å². The summed E-state index contributed by atoms with van der Waals surface area (Å²) in [4.78, 5) is 14.0. The number of hydrogen-bond donors (Lipinski definition) is 3. The Balaban J connectivity index is 1.75. The number of sulfonamides is 1. The predicted molar refractivity (Wildman–Crippen MR) is 83.5 cm³/mol. The lowest BCUT2D eigenvalue weighted by Crippen LogP contribution is -2.43. The van der Waals surface area contributed by atoms with E-state index in [-0.39, 0.29) is 17.3 Å². The number of morpholine rings is 1. The molecule has 0 unspecified atom stereocenters. The van der Waals surface area contributed by atoms with Gasteiger partial charge in [0.1, 0.15) is 4.90 Å². The van der Waals surface area contributed by atoms with Crippen molar-refractivity contribution in [3.8, 4) is 0 Å². The van der Waals surface area contributed by atoms with Crippen molar-refractivity contribution in [3.05, 3.63) is 11.4 Å². The topological polar surface area (TPSA) is 116 Å². The quantitative estimate of drug-likeness (QED) is 0.569. The highest BCUT2D eigenvalue weighted by molar-refractivity contribution is 7.89. The molecule has 0 bridgehead atoms. The number of nitrogens with one attached hydrogen (secondary N) is 3. The van der Waals surface area contributed by atoms with E-state index in [2.05, 4.69) is 25.1 Å². The van der Waals surface area contributed by atoms with Crippen molar-refractivity contribution in [1.29, 1.82) is 0 Å². The third-order valence-electron chi connectivity index (χ3n) is 3.61. The Bertz CT molecular complexity index is 617. The maximum Gasteiger partial charge on any atom is 0.244 e. The van der Waals surface area contributed by atoms with Crippen LogP contribution in [0.4, 0.5) is 0 Å². The van der Waals surface area contributed by atoms with Crippen LogP contribution in [0, 0.1) is 13.8 Å². The van der Waals surface area contributed by atoms with E-state index in [4.69, 9.17) is 4.74 Å². The Morgan fingerprint density at radius 3 is 2.65 bits per heavy atom. The summed E-state index contributed by atoms with van der Waals surface area (Å²) in [6.07, 6.45) is 0. The molecule has 23 heavy (non-hydrogen) atoms. The van der Waals surface area contributed by atoms with E-state index in [1.165, 1.54) is 0 Å². The average molecular weight is 345 g/mol. The minimum atomic E-state index is -3.75. The smallest absolute Gasteiger partial charge is 0.244 e. The Hall–Kier alpha value is -1.49. The van der Waals surface area contributed by atoms with Crippen molar-refractivity contribution in [1.82, 2.24) is 25.1 Å². The van der Waals surface area contributed by atoms with Crippen LogP contribution < -0.4 is 10.0 Å². The van der Waals surface area contributed by atoms with Gasteiger partial charge >= 0.3 is 0 Å². The third-order valence-corrected chi connectivity index (χ3v) is 5.27. The number of ether oxygens (including phenoxy) is 1. The molecule has 0 radical (unpaired) electrons. The van der Waals surface area contributed by atoms with Crippen molar-refractivity contribution in [2.75, 3.05) is 45.9 Å². The van der Waals surface area contributed by atoms with Gasteiger partial charge in [-0.15, -0.1) is 0 Å². The summed E-state index contributed by atoms with van der Waals surface area (Å²) in [6, 6.07) is 0. The van der Waals surface area contributed by atoms with Gasteiger partial charge in [-0.25, -0.2) is 13.1 Å². The Kier molecular flexibility index (Phi) is 6.10. The first-order valence-electron chi connectivity index (χ1n) is 7.48. The summed E-state index contributed by atoms with van der Waals surface area (Å²) >= 11 is 0. The van der Waals surface area contributed by atoms with E-state index in [9.17, 15) is 13.2 Å². The van der Waals surface area contributed by atoms with Gasteiger partial charge in [0.2, 0.25) is 15.9 Å². The summed E-state index contributed by atoms with van der Waals surface area (Å²) < 4.78 is 31.9. The van der Waals surface area contributed by atoms with Gasteiger partial charge in [0.15, 0.2) is 0 Å². The molecule has 1 amide bonds. The fourth-order valence-corrected chi connectivity index (χ4v) is 3.76. The minimum absolute atomic E-state index is 0.0959. The molecular weight excluding hydrogens is 322 g/mol. The van der Waals surface area contributed by atoms with Gasteiger partial charge in [-0.05, 0) is 13.8 Å².